The van der Waals surface area contributed by atoms with Crippen molar-refractivity contribution >= 4 is 11.7 Å². The highest BCUT2D eigenvalue weighted by Gasteiger charge is 2.02. The molecular formula is C12H23NO3. The Morgan fingerprint density at radius 1 is 1.12 bits per heavy atom. The molecule has 0 aromatic carbocycles. The quantitative estimate of drug-likeness (QED) is 0.580. The van der Waals surface area contributed by atoms with Gasteiger partial charge in [0.25, 0.3) is 0 Å². The zero-order chi connectivity index (χ0) is 12.2. The van der Waals surface area contributed by atoms with Crippen molar-refractivity contribution in [1.29, 1.82) is 0 Å². The van der Waals surface area contributed by atoms with Gasteiger partial charge in [-0.25, -0.2) is 0 Å². The molecule has 0 spiro atoms. The molecule has 0 saturated carbocycles. The number of nitrogens with one attached hydrogen (secondary N) is 1. The maximum absolute atomic E-state index is 11.2. The van der Waals surface area contributed by atoms with Crippen LogP contribution >= 0.6 is 0 Å². The maximum atomic E-state index is 11.2. The molecule has 0 aliphatic heterocycles. The standard InChI is InChI=1S/C12H23NO3/c1-3-4-9-16-10-5-8-13-12(15)7-6-11(2)14/h3-10H2,1-2H3,(H,13,15). The van der Waals surface area contributed by atoms with Gasteiger partial charge < -0.3 is 14.8 Å². The molecule has 0 saturated heterocycles. The van der Waals surface area contributed by atoms with Crippen molar-refractivity contribution in [2.45, 2.75) is 46.0 Å². The molecule has 0 aliphatic rings. The zero-order valence-corrected chi connectivity index (χ0v) is 10.4. The van der Waals surface area contributed by atoms with Gasteiger partial charge in [0.2, 0.25) is 5.91 Å². The van der Waals surface area contributed by atoms with Crippen molar-refractivity contribution in [2.24, 2.45) is 0 Å². The van der Waals surface area contributed by atoms with Crippen LogP contribution in [0.4, 0.5) is 0 Å². The van der Waals surface area contributed by atoms with E-state index in [2.05, 4.69) is 12.2 Å². The summed E-state index contributed by atoms with van der Waals surface area (Å²) in [5.41, 5.74) is 0. The Bertz CT molecular complexity index is 204. The van der Waals surface area contributed by atoms with Crippen LogP contribution in [0.3, 0.4) is 0 Å². The van der Waals surface area contributed by atoms with Crippen LogP contribution in [0.1, 0.15) is 46.0 Å². The van der Waals surface area contributed by atoms with Crippen LogP contribution in [0, 0.1) is 0 Å². The second-order valence-corrected chi connectivity index (χ2v) is 3.87. The minimum Gasteiger partial charge on any atom is -0.381 e. The summed E-state index contributed by atoms with van der Waals surface area (Å²) in [6.07, 6.45) is 3.69. The van der Waals surface area contributed by atoms with E-state index in [-0.39, 0.29) is 11.7 Å². The van der Waals surface area contributed by atoms with Gasteiger partial charge in [0.05, 0.1) is 0 Å². The Morgan fingerprint density at radius 2 is 1.81 bits per heavy atom. The average Bonchev–Trinajstić information content (AvgIpc) is 2.25. The van der Waals surface area contributed by atoms with Crippen LogP contribution in [0.15, 0.2) is 0 Å². The first-order chi connectivity index (χ1) is 7.66. The lowest BCUT2D eigenvalue weighted by atomic mass is 10.2. The fourth-order valence-corrected chi connectivity index (χ4v) is 1.13. The highest BCUT2D eigenvalue weighted by Crippen LogP contribution is 1.91. The number of Topliss-reactive ketones (excluding diaryl/α,β-unsaturated/α-hetero) is 1. The van der Waals surface area contributed by atoms with Crippen molar-refractivity contribution in [3.63, 3.8) is 0 Å². The van der Waals surface area contributed by atoms with E-state index in [1.54, 1.807) is 0 Å². The summed E-state index contributed by atoms with van der Waals surface area (Å²) in [6, 6.07) is 0. The molecule has 0 aromatic heterocycles. The van der Waals surface area contributed by atoms with Crippen molar-refractivity contribution < 1.29 is 14.3 Å². The van der Waals surface area contributed by atoms with E-state index < -0.39 is 0 Å². The van der Waals surface area contributed by atoms with Gasteiger partial charge in [0.1, 0.15) is 5.78 Å². The Labute approximate surface area is 97.7 Å². The van der Waals surface area contributed by atoms with Crippen LogP contribution in [-0.4, -0.2) is 31.4 Å². The Kier molecular flexibility index (Phi) is 10.0. The molecule has 0 bridgehead atoms. The number of hydrogen-bond donors (Lipinski definition) is 1. The molecule has 0 unspecified atom stereocenters. The van der Waals surface area contributed by atoms with Gasteiger partial charge in [-0.2, -0.15) is 0 Å². The number of carbonyl (C=O) groups excluding carboxylic acids is 2. The number of ketones is 1. The monoisotopic (exact) mass is 229 g/mol. The Balaban J connectivity index is 3.18. The van der Waals surface area contributed by atoms with Crippen LogP contribution in [0.2, 0.25) is 0 Å². The highest BCUT2D eigenvalue weighted by atomic mass is 16.5. The molecule has 1 amide bonds. The molecule has 0 radical (unpaired) electrons. The average molecular weight is 229 g/mol. The van der Waals surface area contributed by atoms with E-state index in [9.17, 15) is 9.59 Å². The third-order valence-electron chi connectivity index (χ3n) is 2.13. The fourth-order valence-electron chi connectivity index (χ4n) is 1.13. The summed E-state index contributed by atoms with van der Waals surface area (Å²) in [6.45, 7) is 5.73. The van der Waals surface area contributed by atoms with Gasteiger partial charge in [-0.15, -0.1) is 0 Å². The van der Waals surface area contributed by atoms with Crippen LogP contribution in [-0.2, 0) is 14.3 Å². The predicted molar refractivity (Wildman–Crippen MR) is 63.3 cm³/mol. The largest absolute Gasteiger partial charge is 0.381 e. The summed E-state index contributed by atoms with van der Waals surface area (Å²) in [4.78, 5) is 21.8. The molecule has 0 rings (SSSR count). The molecule has 4 nitrogen and oxygen atoms in total. The first-order valence-corrected chi connectivity index (χ1v) is 6.00. The van der Waals surface area contributed by atoms with Crippen LogP contribution < -0.4 is 5.32 Å². The third kappa shape index (κ3) is 11.2. The second-order valence-electron chi connectivity index (χ2n) is 3.87. The van der Waals surface area contributed by atoms with E-state index in [1.807, 2.05) is 0 Å². The molecule has 1 N–H and O–H groups in total. The van der Waals surface area contributed by atoms with Crippen molar-refractivity contribution in [2.75, 3.05) is 19.8 Å². The predicted octanol–water partition coefficient (Wildman–Crippen LogP) is 1.68. The smallest absolute Gasteiger partial charge is 0.220 e. The lowest BCUT2D eigenvalue weighted by Crippen LogP contribution is -2.25. The number of unbranched alkanes of at least 4 members (excludes halogenated alkanes) is 1. The minimum absolute atomic E-state index is 0.0521. The molecule has 4 heteroatoms. The first-order valence-electron chi connectivity index (χ1n) is 6.00. The molecule has 0 aliphatic carbocycles. The summed E-state index contributed by atoms with van der Waals surface area (Å²) in [5, 5.41) is 2.76. The van der Waals surface area contributed by atoms with E-state index in [1.165, 1.54) is 6.92 Å². The molecule has 0 aromatic rings. The molecule has 0 fully saturated rings. The van der Waals surface area contributed by atoms with Crippen LogP contribution in [0.5, 0.6) is 0 Å². The molecular weight excluding hydrogens is 206 g/mol. The van der Waals surface area contributed by atoms with Crippen molar-refractivity contribution in [3.05, 3.63) is 0 Å². The molecule has 16 heavy (non-hydrogen) atoms. The van der Waals surface area contributed by atoms with E-state index >= 15 is 0 Å². The maximum Gasteiger partial charge on any atom is 0.220 e. The van der Waals surface area contributed by atoms with Gasteiger partial charge >= 0.3 is 0 Å². The minimum atomic E-state index is -0.0521. The molecule has 0 atom stereocenters. The number of ether oxygens (including phenoxy) is 1. The topological polar surface area (TPSA) is 55.4 Å². The number of hydrogen-bond acceptors (Lipinski definition) is 3. The lowest BCUT2D eigenvalue weighted by molar-refractivity contribution is -0.124. The van der Waals surface area contributed by atoms with Gasteiger partial charge in [-0.1, -0.05) is 13.3 Å². The Morgan fingerprint density at radius 3 is 2.44 bits per heavy atom. The number of rotatable bonds is 10. The normalized spacial score (nSPS) is 10.1. The molecule has 94 valence electrons. The highest BCUT2D eigenvalue weighted by molar-refractivity contribution is 5.83. The zero-order valence-electron chi connectivity index (χ0n) is 10.4. The molecule has 0 heterocycles. The van der Waals surface area contributed by atoms with Crippen molar-refractivity contribution in [1.82, 2.24) is 5.32 Å². The van der Waals surface area contributed by atoms with Gasteiger partial charge in [0, 0.05) is 32.6 Å². The summed E-state index contributed by atoms with van der Waals surface area (Å²) >= 11 is 0. The summed E-state index contributed by atoms with van der Waals surface area (Å²) in [5.74, 6) is 0.00167. The summed E-state index contributed by atoms with van der Waals surface area (Å²) < 4.78 is 5.35. The van der Waals surface area contributed by atoms with Crippen molar-refractivity contribution in [3.8, 4) is 0 Å². The van der Waals surface area contributed by atoms with Gasteiger partial charge in [-0.05, 0) is 19.8 Å². The van der Waals surface area contributed by atoms with Gasteiger partial charge in [0.15, 0.2) is 0 Å². The first kappa shape index (κ1) is 15.1. The number of carbonyl (C=O) groups is 2. The third-order valence-corrected chi connectivity index (χ3v) is 2.13. The van der Waals surface area contributed by atoms with E-state index in [0.717, 1.165) is 25.9 Å². The van der Waals surface area contributed by atoms with Gasteiger partial charge in [-0.3, -0.25) is 4.79 Å². The lowest BCUT2D eigenvalue weighted by Gasteiger charge is -2.05. The second kappa shape index (κ2) is 10.6. The van der Waals surface area contributed by atoms with E-state index in [4.69, 9.17) is 4.74 Å². The van der Waals surface area contributed by atoms with Crippen LogP contribution in [0.25, 0.3) is 0 Å². The van der Waals surface area contributed by atoms with E-state index in [0.29, 0.717) is 26.0 Å². The fraction of sp³-hybridized carbons (Fsp3) is 0.833. The SMILES string of the molecule is CCCCOCCCNC(=O)CCC(C)=O. The number of amides is 1. The Hall–Kier alpha value is -0.900. The summed E-state index contributed by atoms with van der Waals surface area (Å²) in [7, 11) is 0.